The molecule has 6 aromatic carbocycles. The Morgan fingerprint density at radius 1 is 0.556 bits per heavy atom. The van der Waals surface area contributed by atoms with Gasteiger partial charge in [-0.3, -0.25) is 0 Å². The molecule has 10 rings (SSSR count). The summed E-state index contributed by atoms with van der Waals surface area (Å²) in [5.41, 5.74) is 3.58. The minimum absolute atomic E-state index is 0.0462. The van der Waals surface area contributed by atoms with Gasteiger partial charge in [0.1, 0.15) is 11.3 Å². The molecule has 0 saturated heterocycles. The first kappa shape index (κ1) is 32.8. The normalized spacial score (nSPS) is 15.6. The molecule has 10 heteroatoms. The second-order valence-electron chi connectivity index (χ2n) is 14.1. The lowest BCUT2D eigenvalue weighted by Crippen LogP contribution is -2.15. The first-order valence-corrected chi connectivity index (χ1v) is 18.4. The summed E-state index contributed by atoms with van der Waals surface area (Å²) in [5.74, 6) is 0.431. The molecule has 0 radical (unpaired) electrons. The highest BCUT2D eigenvalue weighted by molar-refractivity contribution is 7.96. The molecule has 0 amide bonds. The van der Waals surface area contributed by atoms with Gasteiger partial charge in [-0.1, -0.05) is 48.5 Å². The fraction of sp³-hybridized carbons (Fsp3) is 0.0909. The molecule has 0 fully saturated rings. The third-order valence-electron chi connectivity index (χ3n) is 10.6. The molecular weight excluding hydrogens is 723 g/mol. The maximum atomic E-state index is 14.3. The number of sulfone groups is 1. The lowest BCUT2D eigenvalue weighted by atomic mass is 9.94. The number of hydrogen-bond acceptors (Lipinski definition) is 3. The van der Waals surface area contributed by atoms with E-state index < -0.39 is 33.3 Å². The number of para-hydroxylation sites is 1. The van der Waals surface area contributed by atoms with Crippen LogP contribution in [0.1, 0.15) is 50.3 Å². The van der Waals surface area contributed by atoms with E-state index in [1.165, 1.54) is 6.07 Å². The second kappa shape index (κ2) is 10.6. The van der Waals surface area contributed by atoms with E-state index in [0.717, 1.165) is 29.7 Å². The molecule has 0 bridgehead atoms. The molecule has 0 unspecified atom stereocenters. The van der Waals surface area contributed by atoms with Gasteiger partial charge in [0.25, 0.3) is 0 Å². The van der Waals surface area contributed by atoms with Crippen LogP contribution in [0.2, 0.25) is 0 Å². The minimum atomic E-state index is -4.67. The molecule has 0 N–H and O–H groups in total. The highest BCUT2D eigenvalue weighted by atomic mass is 32.2. The molecule has 2 heterocycles. The molecule has 1 aliphatic heterocycles. The van der Waals surface area contributed by atoms with E-state index in [9.17, 15) is 34.8 Å². The average molecular weight is 747 g/mol. The Hall–Kier alpha value is -5.87. The third kappa shape index (κ3) is 4.52. The van der Waals surface area contributed by atoms with Crippen LogP contribution in [0.3, 0.4) is 0 Å². The van der Waals surface area contributed by atoms with E-state index >= 15 is 0 Å². The number of fused-ring (bicyclic) bond motifs is 10. The predicted octanol–water partition coefficient (Wildman–Crippen LogP) is 10.2. The smallest absolute Gasteiger partial charge is 0.416 e. The maximum Gasteiger partial charge on any atom is 0.416 e. The number of aryl methyl sites for hydroxylation is 2. The van der Waals surface area contributed by atoms with Crippen LogP contribution in [-0.2, 0) is 22.2 Å². The van der Waals surface area contributed by atoms with Crippen LogP contribution >= 0.6 is 0 Å². The monoisotopic (exact) mass is 746 g/mol. The number of benzene rings is 6. The van der Waals surface area contributed by atoms with E-state index in [4.69, 9.17) is 4.42 Å². The van der Waals surface area contributed by atoms with Crippen molar-refractivity contribution in [1.82, 2.24) is 0 Å². The van der Waals surface area contributed by atoms with Crippen LogP contribution in [0.4, 0.5) is 26.3 Å². The molecule has 3 aliphatic rings. The number of allylic oxidation sites excluding steroid dienone is 1. The zero-order chi connectivity index (χ0) is 37.6. The Morgan fingerprint density at radius 2 is 1.11 bits per heavy atom. The van der Waals surface area contributed by atoms with Crippen LogP contribution < -0.4 is 10.4 Å². The van der Waals surface area contributed by atoms with Crippen molar-refractivity contribution in [3.8, 4) is 11.1 Å². The van der Waals surface area contributed by atoms with Crippen molar-refractivity contribution in [2.45, 2.75) is 31.1 Å². The van der Waals surface area contributed by atoms with E-state index in [0.29, 0.717) is 82.6 Å². The predicted molar refractivity (Wildman–Crippen MR) is 195 cm³/mol. The third-order valence-corrected chi connectivity index (χ3v) is 12.4. The zero-order valence-corrected chi connectivity index (χ0v) is 29.1. The van der Waals surface area contributed by atoms with E-state index in [1.807, 2.05) is 36.4 Å². The van der Waals surface area contributed by atoms with E-state index in [1.54, 1.807) is 56.3 Å². The van der Waals surface area contributed by atoms with Crippen molar-refractivity contribution in [1.29, 1.82) is 0 Å². The molecule has 0 atom stereocenters. The lowest BCUT2D eigenvalue weighted by molar-refractivity contribution is -0.138. The first-order chi connectivity index (χ1) is 25.6. The number of furan rings is 1. The summed E-state index contributed by atoms with van der Waals surface area (Å²) in [7, 11) is -4.15. The molecule has 266 valence electrons. The van der Waals surface area contributed by atoms with Crippen molar-refractivity contribution in [2.75, 3.05) is 0 Å². The average Bonchev–Trinajstić information content (AvgIpc) is 3.80. The zero-order valence-electron chi connectivity index (χ0n) is 28.3. The van der Waals surface area contributed by atoms with Gasteiger partial charge in [0.05, 0.1) is 20.9 Å². The Kier molecular flexibility index (Phi) is 6.45. The van der Waals surface area contributed by atoms with Crippen LogP contribution in [0, 0.1) is 13.8 Å². The molecule has 2 aliphatic carbocycles. The van der Waals surface area contributed by atoms with Crippen LogP contribution in [0.5, 0.6) is 0 Å². The molecule has 1 aromatic heterocycles. The summed E-state index contributed by atoms with van der Waals surface area (Å²) in [4.78, 5) is 0.0259. The van der Waals surface area contributed by atoms with Gasteiger partial charge >= 0.3 is 12.4 Å². The number of alkyl halides is 6. The Balaban J connectivity index is 1.33. The molecule has 3 nitrogen and oxygen atoms in total. The lowest BCUT2D eigenvalue weighted by Gasteiger charge is -2.14. The SMILES string of the molecule is Cc1cc(C2=c3cc4cc5c(cc4cc3C3=C2S(=O)(=O)c2ccccc23)=C(c2cc(C)cc(C(F)(F)F)c2)c2oc3ccccc3c2-5)cc(C(F)(F)F)c1. The fourth-order valence-electron chi connectivity index (χ4n) is 8.47. The van der Waals surface area contributed by atoms with Gasteiger partial charge in [0.2, 0.25) is 9.84 Å². The van der Waals surface area contributed by atoms with Gasteiger partial charge in [0.15, 0.2) is 0 Å². The van der Waals surface area contributed by atoms with Crippen molar-refractivity contribution >= 4 is 48.3 Å². The molecule has 7 aromatic rings. The molecule has 0 spiro atoms. The summed E-state index contributed by atoms with van der Waals surface area (Å²) in [5, 5.41) is 3.21. The van der Waals surface area contributed by atoms with Crippen molar-refractivity contribution in [3.63, 3.8) is 0 Å². The van der Waals surface area contributed by atoms with E-state index in [2.05, 4.69) is 0 Å². The van der Waals surface area contributed by atoms with Gasteiger partial charge in [-0.05, 0) is 129 Å². The quantitative estimate of drug-likeness (QED) is 0.166. The number of halogens is 6. The Bertz CT molecular complexity index is 3160. The van der Waals surface area contributed by atoms with Gasteiger partial charge < -0.3 is 4.42 Å². The number of hydrogen-bond donors (Lipinski definition) is 0. The second-order valence-corrected chi connectivity index (χ2v) is 15.9. The Labute approximate surface area is 303 Å². The van der Waals surface area contributed by atoms with Crippen molar-refractivity contribution in [2.24, 2.45) is 0 Å². The minimum Gasteiger partial charge on any atom is -0.455 e. The Morgan fingerprint density at radius 3 is 1.76 bits per heavy atom. The topological polar surface area (TPSA) is 47.3 Å². The van der Waals surface area contributed by atoms with Crippen molar-refractivity contribution in [3.05, 3.63) is 175 Å². The fourth-order valence-corrected chi connectivity index (χ4v) is 10.4. The van der Waals surface area contributed by atoms with Crippen molar-refractivity contribution < 1.29 is 39.2 Å². The summed E-state index contributed by atoms with van der Waals surface area (Å²) < 4.78 is 120. The summed E-state index contributed by atoms with van der Waals surface area (Å²) in [6.45, 7) is 3.15. The summed E-state index contributed by atoms with van der Waals surface area (Å²) >= 11 is 0. The van der Waals surface area contributed by atoms with Gasteiger partial charge in [0, 0.05) is 33.2 Å². The largest absolute Gasteiger partial charge is 0.455 e. The van der Waals surface area contributed by atoms with Gasteiger partial charge in [-0.15, -0.1) is 0 Å². The number of rotatable bonds is 2. The maximum absolute atomic E-state index is 14.3. The standard InChI is InChI=1S/C44H24F6O3S/c1-21-11-25(15-27(13-21)43(45,46)47)37-31-17-23-20-34-32(18-24(23)19-33(31)39-29-7-3-5-9-35(29)53-41(37)39)38(26-12-22(2)14-28(16-26)44(48,49)50)42-40(34)30-8-4-6-10-36(30)54(42,51)52/h3-20H,1-2H3. The van der Waals surface area contributed by atoms with E-state index in [-0.39, 0.29) is 20.9 Å². The first-order valence-electron chi connectivity index (χ1n) is 17.0. The van der Waals surface area contributed by atoms with Crippen LogP contribution in [0.15, 0.2) is 123 Å². The molecule has 54 heavy (non-hydrogen) atoms. The molecular formula is C44H24F6O3S. The van der Waals surface area contributed by atoms with Gasteiger partial charge in [-0.2, -0.15) is 26.3 Å². The highest BCUT2D eigenvalue weighted by Gasteiger charge is 2.43. The summed E-state index contributed by atoms with van der Waals surface area (Å²) in [6, 6.07) is 28.8. The van der Waals surface area contributed by atoms with Crippen LogP contribution in [-0.4, -0.2) is 8.42 Å². The van der Waals surface area contributed by atoms with Crippen LogP contribution in [0.25, 0.3) is 49.6 Å². The molecule has 0 saturated carbocycles. The summed E-state index contributed by atoms with van der Waals surface area (Å²) in [6.07, 6.45) is -9.25. The van der Waals surface area contributed by atoms with Gasteiger partial charge in [-0.25, -0.2) is 8.42 Å². The highest BCUT2D eigenvalue weighted by Crippen LogP contribution is 2.51.